The number of hydrogen-bond donors (Lipinski definition) is 2. The molecule has 5 aliphatic rings. The summed E-state index contributed by atoms with van der Waals surface area (Å²) < 4.78 is 15.8. The van der Waals surface area contributed by atoms with E-state index in [-0.39, 0.29) is 17.4 Å². The summed E-state index contributed by atoms with van der Waals surface area (Å²) in [5.41, 5.74) is 4.41. The minimum atomic E-state index is -0.372. The van der Waals surface area contributed by atoms with Crippen LogP contribution in [0, 0.1) is 34.9 Å². The summed E-state index contributed by atoms with van der Waals surface area (Å²) in [4.78, 5) is 4.59. The van der Waals surface area contributed by atoms with Gasteiger partial charge in [-0.1, -0.05) is 28.9 Å². The predicted octanol–water partition coefficient (Wildman–Crippen LogP) is 7.41. The van der Waals surface area contributed by atoms with Crippen LogP contribution in [0.15, 0.2) is 48.8 Å². The van der Waals surface area contributed by atoms with Crippen molar-refractivity contribution in [2.24, 2.45) is 17.8 Å². The Morgan fingerprint density at radius 3 is 2.41 bits per heavy atom. The molecular weight excluding hydrogens is 537 g/mol. The summed E-state index contributed by atoms with van der Waals surface area (Å²) in [6.07, 6.45) is 13.3. The number of rotatable bonds is 7. The normalized spacial score (nSPS) is 27.1. The van der Waals surface area contributed by atoms with Crippen molar-refractivity contribution in [1.29, 1.82) is 5.26 Å². The highest BCUT2D eigenvalue weighted by Crippen LogP contribution is 2.57. The van der Waals surface area contributed by atoms with Crippen molar-refractivity contribution >= 4 is 33.9 Å². The Morgan fingerprint density at radius 1 is 1.05 bits per heavy atom. The first-order valence-corrected chi connectivity index (χ1v) is 15.1. The van der Waals surface area contributed by atoms with E-state index in [1.165, 1.54) is 31.4 Å². The number of aromatic nitrogens is 4. The Balaban J connectivity index is 1.20. The molecule has 2 aromatic carbocycles. The molecule has 7 nitrogen and oxygen atoms in total. The molecule has 9 heteroatoms. The van der Waals surface area contributed by atoms with Crippen LogP contribution in [-0.4, -0.2) is 25.5 Å². The van der Waals surface area contributed by atoms with Crippen molar-refractivity contribution in [2.75, 3.05) is 10.6 Å². The van der Waals surface area contributed by atoms with Crippen LogP contribution in [0.5, 0.6) is 0 Å². The maximum absolute atomic E-state index is 13.8. The summed E-state index contributed by atoms with van der Waals surface area (Å²) in [5, 5.41) is 27.8. The van der Waals surface area contributed by atoms with Crippen molar-refractivity contribution < 1.29 is 4.39 Å². The van der Waals surface area contributed by atoms with Gasteiger partial charge in [0.05, 0.1) is 40.1 Å². The number of anilines is 2. The van der Waals surface area contributed by atoms with Crippen LogP contribution in [0.3, 0.4) is 0 Å². The van der Waals surface area contributed by atoms with E-state index in [2.05, 4.69) is 32.0 Å². The molecule has 4 bridgehead atoms. The second-order valence-electron chi connectivity index (χ2n) is 12.8. The average molecular weight is 568 g/mol. The number of nitrogens with one attached hydrogen (secondary N) is 2. The molecule has 208 valence electrons. The number of nitriles is 1. The van der Waals surface area contributed by atoms with E-state index in [0.29, 0.717) is 22.1 Å². The second kappa shape index (κ2) is 9.42. The van der Waals surface area contributed by atoms with Crippen LogP contribution >= 0.6 is 11.6 Å². The van der Waals surface area contributed by atoms with Crippen molar-refractivity contribution in [1.82, 2.24) is 20.0 Å². The van der Waals surface area contributed by atoms with Crippen molar-refractivity contribution in [3.05, 3.63) is 76.5 Å². The van der Waals surface area contributed by atoms with Crippen molar-refractivity contribution in [2.45, 2.75) is 69.0 Å². The minimum Gasteiger partial charge on any atom is -0.378 e. The molecule has 41 heavy (non-hydrogen) atoms. The summed E-state index contributed by atoms with van der Waals surface area (Å²) in [6.45, 7) is 0. The van der Waals surface area contributed by atoms with Crippen LogP contribution in [0.1, 0.15) is 80.3 Å². The van der Waals surface area contributed by atoms with E-state index in [0.717, 1.165) is 77.9 Å². The lowest BCUT2D eigenvalue weighted by Gasteiger charge is -2.57. The number of hydrogen-bond acceptors (Lipinski definition) is 6. The number of halogens is 2. The average Bonchev–Trinajstić information content (AvgIpc) is 3.68. The van der Waals surface area contributed by atoms with Gasteiger partial charge in [0, 0.05) is 22.8 Å². The molecule has 5 fully saturated rings. The number of benzene rings is 2. The third-order valence-corrected chi connectivity index (χ3v) is 10.0. The maximum Gasteiger partial charge on any atom is 0.123 e. The third-order valence-electron chi connectivity index (χ3n) is 9.73. The highest BCUT2D eigenvalue weighted by molar-refractivity contribution is 6.35. The van der Waals surface area contributed by atoms with Gasteiger partial charge in [0.25, 0.3) is 0 Å². The fourth-order valence-corrected chi connectivity index (χ4v) is 8.45. The molecule has 0 radical (unpaired) electrons. The van der Waals surface area contributed by atoms with E-state index in [4.69, 9.17) is 11.6 Å². The summed E-state index contributed by atoms with van der Waals surface area (Å²) >= 11 is 6.86. The van der Waals surface area contributed by atoms with Crippen LogP contribution in [0.25, 0.3) is 10.9 Å². The first-order valence-electron chi connectivity index (χ1n) is 14.7. The molecule has 1 unspecified atom stereocenters. The fraction of sp³-hybridized carbons (Fsp3) is 0.438. The van der Waals surface area contributed by atoms with Gasteiger partial charge in [0.2, 0.25) is 0 Å². The molecule has 0 aliphatic heterocycles. The Kier molecular flexibility index (Phi) is 5.75. The van der Waals surface area contributed by atoms with Gasteiger partial charge in [0.1, 0.15) is 17.6 Å². The Labute approximate surface area is 243 Å². The predicted molar refractivity (Wildman–Crippen MR) is 156 cm³/mol. The molecular formula is C32H31ClFN7. The van der Waals surface area contributed by atoms with Crippen LogP contribution in [0.4, 0.5) is 15.8 Å². The Bertz CT molecular complexity index is 1650. The first kappa shape index (κ1) is 25.0. The zero-order valence-electron chi connectivity index (χ0n) is 22.7. The number of pyridine rings is 1. The fourth-order valence-electron chi connectivity index (χ4n) is 8.18. The monoisotopic (exact) mass is 567 g/mol. The van der Waals surface area contributed by atoms with E-state index in [1.807, 2.05) is 23.0 Å². The third kappa shape index (κ3) is 4.51. The van der Waals surface area contributed by atoms with Gasteiger partial charge >= 0.3 is 0 Å². The van der Waals surface area contributed by atoms with Gasteiger partial charge in [-0.2, -0.15) is 5.26 Å². The lowest BCUT2D eigenvalue weighted by molar-refractivity contribution is 0.0107. The topological polar surface area (TPSA) is 91.5 Å². The van der Waals surface area contributed by atoms with Crippen molar-refractivity contribution in [3.8, 4) is 6.07 Å². The summed E-state index contributed by atoms with van der Waals surface area (Å²) in [6, 6.07) is 12.7. The van der Waals surface area contributed by atoms with Gasteiger partial charge in [-0.3, -0.25) is 4.98 Å². The zero-order chi connectivity index (χ0) is 27.7. The standard InChI is InChI=1S/C32H31ClFN7/c33-27-11-24(37-30(21-1-3-23(34)4-2-21)28-17-41(40-39-28)25-5-6-25)10-26-29(22(15-35)16-36-31(26)27)38-32-12-18-7-19(13-32)9-20(8-18)14-32/h1-4,10-11,16-20,25,30,37H,5-9,12-14H2,(H,36,38). The van der Waals surface area contributed by atoms with Gasteiger partial charge in [0.15, 0.2) is 0 Å². The molecule has 4 aromatic rings. The molecule has 5 saturated carbocycles. The summed E-state index contributed by atoms with van der Waals surface area (Å²) in [5.74, 6) is 2.02. The van der Waals surface area contributed by atoms with Gasteiger partial charge in [-0.15, -0.1) is 5.10 Å². The van der Waals surface area contributed by atoms with E-state index in [9.17, 15) is 9.65 Å². The van der Waals surface area contributed by atoms with Crippen LogP contribution in [0.2, 0.25) is 5.02 Å². The highest BCUT2D eigenvalue weighted by atomic mass is 35.5. The minimum absolute atomic E-state index is 0.0164. The van der Waals surface area contributed by atoms with Crippen LogP contribution < -0.4 is 10.6 Å². The van der Waals surface area contributed by atoms with Gasteiger partial charge < -0.3 is 10.6 Å². The number of nitrogens with zero attached hydrogens (tertiary/aromatic N) is 5. The zero-order valence-corrected chi connectivity index (χ0v) is 23.4. The molecule has 0 saturated heterocycles. The van der Waals surface area contributed by atoms with Gasteiger partial charge in [-0.25, -0.2) is 9.07 Å². The van der Waals surface area contributed by atoms with E-state index in [1.54, 1.807) is 18.3 Å². The van der Waals surface area contributed by atoms with E-state index < -0.39 is 0 Å². The molecule has 9 rings (SSSR count). The van der Waals surface area contributed by atoms with E-state index >= 15 is 0 Å². The van der Waals surface area contributed by atoms with Crippen LogP contribution in [-0.2, 0) is 0 Å². The molecule has 0 spiro atoms. The van der Waals surface area contributed by atoms with Gasteiger partial charge in [-0.05, 0) is 98.9 Å². The highest BCUT2D eigenvalue weighted by Gasteiger charge is 2.51. The molecule has 5 aliphatic carbocycles. The quantitative estimate of drug-likeness (QED) is 0.242. The lowest BCUT2D eigenvalue weighted by Crippen LogP contribution is -2.54. The lowest BCUT2D eigenvalue weighted by atomic mass is 9.53. The molecule has 2 aromatic heterocycles. The Morgan fingerprint density at radius 2 is 1.76 bits per heavy atom. The SMILES string of the molecule is N#Cc1cnc2c(Cl)cc(NC(c3ccc(F)cc3)c3cn(C4CC4)nn3)cc2c1NC12CC3CC(CC(C3)C1)C2. The number of fused-ring (bicyclic) bond motifs is 1. The second-order valence-corrected chi connectivity index (χ2v) is 13.2. The first-order chi connectivity index (χ1) is 19.9. The summed E-state index contributed by atoms with van der Waals surface area (Å²) in [7, 11) is 0. The molecule has 2 heterocycles. The largest absolute Gasteiger partial charge is 0.378 e. The maximum atomic E-state index is 13.8. The van der Waals surface area contributed by atoms with Crippen molar-refractivity contribution in [3.63, 3.8) is 0 Å². The Hall–Kier alpha value is -3.70. The molecule has 0 amide bonds. The smallest absolute Gasteiger partial charge is 0.123 e. The molecule has 2 N–H and O–H groups in total. The molecule has 1 atom stereocenters.